The van der Waals surface area contributed by atoms with Crippen LogP contribution in [-0.4, -0.2) is 36.3 Å². The van der Waals surface area contributed by atoms with E-state index in [1.165, 1.54) is 0 Å². The summed E-state index contributed by atoms with van der Waals surface area (Å²) in [6.45, 7) is 0.431. The smallest absolute Gasteiger partial charge is 0.408 e. The number of ether oxygens (including phenoxy) is 1. The monoisotopic (exact) mass is 409 g/mol. The van der Waals surface area contributed by atoms with Crippen LogP contribution in [0.15, 0.2) is 60.7 Å². The van der Waals surface area contributed by atoms with Gasteiger partial charge >= 0.3 is 6.09 Å². The Balaban J connectivity index is 1.69. The lowest BCUT2D eigenvalue weighted by Crippen LogP contribution is -2.49. The number of Topliss-reactive ketones (excluding diaryl/α,β-unsaturated/α-hetero) is 1. The average molecular weight is 409 g/mol. The fraction of sp³-hybridized carbons (Fsp3) is 0.273. The van der Waals surface area contributed by atoms with E-state index in [2.05, 4.69) is 16.0 Å². The summed E-state index contributed by atoms with van der Waals surface area (Å²) >= 11 is 0. The lowest BCUT2D eigenvalue weighted by Gasteiger charge is -2.21. The maximum Gasteiger partial charge on any atom is 0.408 e. The lowest BCUT2D eigenvalue weighted by atomic mass is 10.0. The summed E-state index contributed by atoms with van der Waals surface area (Å²) < 4.78 is 5.22. The van der Waals surface area contributed by atoms with Gasteiger partial charge in [0.2, 0.25) is 11.7 Å². The summed E-state index contributed by atoms with van der Waals surface area (Å²) in [6.07, 6.45) is 0.127. The first-order chi connectivity index (χ1) is 14.5. The number of carbonyl (C=O) groups excluding carboxylic acids is 4. The van der Waals surface area contributed by atoms with Crippen molar-refractivity contribution in [3.05, 3.63) is 71.8 Å². The molecule has 3 amide bonds. The van der Waals surface area contributed by atoms with Gasteiger partial charge in [-0.2, -0.15) is 0 Å². The van der Waals surface area contributed by atoms with Crippen LogP contribution in [0.5, 0.6) is 0 Å². The molecule has 0 bridgehead atoms. The van der Waals surface area contributed by atoms with Gasteiger partial charge in [0.05, 0.1) is 6.04 Å². The fourth-order valence-electron chi connectivity index (χ4n) is 3.11. The molecule has 0 aliphatic carbocycles. The molecule has 3 rings (SSSR count). The minimum Gasteiger partial charge on any atom is -0.445 e. The van der Waals surface area contributed by atoms with Gasteiger partial charge in [0.25, 0.3) is 5.91 Å². The third kappa shape index (κ3) is 5.66. The van der Waals surface area contributed by atoms with Crippen LogP contribution in [0.2, 0.25) is 0 Å². The van der Waals surface area contributed by atoms with Crippen molar-refractivity contribution in [3.8, 4) is 0 Å². The molecule has 1 heterocycles. The van der Waals surface area contributed by atoms with E-state index in [1.807, 2.05) is 30.3 Å². The van der Waals surface area contributed by atoms with E-state index in [4.69, 9.17) is 4.74 Å². The molecule has 8 nitrogen and oxygen atoms in total. The van der Waals surface area contributed by atoms with Gasteiger partial charge in [0.1, 0.15) is 12.6 Å². The zero-order valence-corrected chi connectivity index (χ0v) is 16.3. The number of alkyl carbamates (subject to hydrolysis) is 1. The summed E-state index contributed by atoms with van der Waals surface area (Å²) in [5.41, 5.74) is 1.33. The van der Waals surface area contributed by atoms with Crippen molar-refractivity contribution in [2.24, 2.45) is 0 Å². The molecule has 1 saturated heterocycles. The maximum atomic E-state index is 12.9. The molecule has 2 atom stereocenters. The van der Waals surface area contributed by atoms with Crippen LogP contribution < -0.4 is 16.0 Å². The van der Waals surface area contributed by atoms with E-state index in [-0.39, 0.29) is 6.61 Å². The molecule has 3 N–H and O–H groups in total. The van der Waals surface area contributed by atoms with E-state index in [9.17, 15) is 19.2 Å². The summed E-state index contributed by atoms with van der Waals surface area (Å²) in [6, 6.07) is 15.8. The molecular weight excluding hydrogens is 386 g/mol. The third-order valence-electron chi connectivity index (χ3n) is 4.68. The van der Waals surface area contributed by atoms with Crippen molar-refractivity contribution in [1.82, 2.24) is 16.0 Å². The minimum atomic E-state index is -1.08. The number of hydrogen-bond donors (Lipinski definition) is 3. The number of benzene rings is 2. The Hall–Kier alpha value is -3.68. The van der Waals surface area contributed by atoms with E-state index < -0.39 is 35.8 Å². The number of hydrogen-bond acceptors (Lipinski definition) is 5. The molecule has 2 aromatic rings. The Labute approximate surface area is 174 Å². The van der Waals surface area contributed by atoms with Crippen molar-refractivity contribution >= 4 is 23.7 Å². The van der Waals surface area contributed by atoms with Crippen molar-refractivity contribution in [1.29, 1.82) is 0 Å². The van der Waals surface area contributed by atoms with Crippen molar-refractivity contribution in [3.63, 3.8) is 0 Å². The van der Waals surface area contributed by atoms with Crippen LogP contribution in [0.1, 0.15) is 30.0 Å². The maximum absolute atomic E-state index is 12.9. The van der Waals surface area contributed by atoms with E-state index >= 15 is 0 Å². The highest BCUT2D eigenvalue weighted by Crippen LogP contribution is 2.15. The van der Waals surface area contributed by atoms with Gasteiger partial charge in [-0.15, -0.1) is 0 Å². The summed E-state index contributed by atoms with van der Waals surface area (Å²) in [7, 11) is 0. The van der Waals surface area contributed by atoms with Gasteiger partial charge in [-0.3, -0.25) is 14.4 Å². The molecule has 1 aliphatic rings. The van der Waals surface area contributed by atoms with E-state index in [1.54, 1.807) is 30.3 Å². The second kappa shape index (κ2) is 10.2. The molecule has 1 aliphatic heterocycles. The standard InChI is InChI=1S/C22H23N3O5/c26-19-17(12-7-13-23-21(19)28)24-20(27)18(16-10-5-2-6-11-16)25-22(29)30-14-15-8-3-1-4-9-15/h1-6,8-11,17-18H,7,12-14H2,(H,23,28)(H,24,27)(H,25,29). The number of amides is 3. The van der Waals surface area contributed by atoms with Gasteiger partial charge in [0.15, 0.2) is 0 Å². The molecule has 0 saturated carbocycles. The highest BCUT2D eigenvalue weighted by molar-refractivity contribution is 6.38. The van der Waals surface area contributed by atoms with Crippen LogP contribution in [-0.2, 0) is 25.7 Å². The Kier molecular flexibility index (Phi) is 7.15. The molecule has 1 fully saturated rings. The van der Waals surface area contributed by atoms with Gasteiger partial charge in [-0.05, 0) is 24.0 Å². The molecule has 156 valence electrons. The molecule has 0 aromatic heterocycles. The molecule has 2 aromatic carbocycles. The number of rotatable bonds is 6. The first-order valence-electron chi connectivity index (χ1n) is 9.69. The summed E-state index contributed by atoms with van der Waals surface area (Å²) in [4.78, 5) is 49.2. The topological polar surface area (TPSA) is 114 Å². The van der Waals surface area contributed by atoms with Crippen molar-refractivity contribution < 1.29 is 23.9 Å². The zero-order valence-electron chi connectivity index (χ0n) is 16.3. The minimum absolute atomic E-state index is 0.0527. The second-order valence-corrected chi connectivity index (χ2v) is 6.87. The molecular formula is C22H23N3O5. The zero-order chi connectivity index (χ0) is 21.3. The fourth-order valence-corrected chi connectivity index (χ4v) is 3.11. The highest BCUT2D eigenvalue weighted by Gasteiger charge is 2.32. The first-order valence-corrected chi connectivity index (χ1v) is 9.69. The highest BCUT2D eigenvalue weighted by atomic mass is 16.5. The third-order valence-corrected chi connectivity index (χ3v) is 4.68. The molecule has 2 unspecified atom stereocenters. The molecule has 30 heavy (non-hydrogen) atoms. The number of nitrogens with one attached hydrogen (secondary N) is 3. The first kappa shape index (κ1) is 21.0. The Bertz CT molecular complexity index is 902. The van der Waals surface area contributed by atoms with Crippen LogP contribution in [0.25, 0.3) is 0 Å². The second-order valence-electron chi connectivity index (χ2n) is 6.87. The molecule has 0 radical (unpaired) electrons. The predicted molar refractivity (Wildman–Crippen MR) is 108 cm³/mol. The lowest BCUT2D eigenvalue weighted by molar-refractivity contribution is -0.139. The molecule has 0 spiro atoms. The van der Waals surface area contributed by atoms with E-state index in [0.29, 0.717) is 24.9 Å². The summed E-state index contributed by atoms with van der Waals surface area (Å²) in [5.74, 6) is -2.01. The summed E-state index contributed by atoms with van der Waals surface area (Å²) in [5, 5.41) is 7.64. The molecule has 8 heteroatoms. The number of ketones is 1. The largest absolute Gasteiger partial charge is 0.445 e. The van der Waals surface area contributed by atoms with Crippen LogP contribution in [0.3, 0.4) is 0 Å². The van der Waals surface area contributed by atoms with E-state index in [0.717, 1.165) is 5.56 Å². The van der Waals surface area contributed by atoms with Gasteiger partial charge in [-0.25, -0.2) is 4.79 Å². The van der Waals surface area contributed by atoms with Crippen LogP contribution in [0, 0.1) is 0 Å². The van der Waals surface area contributed by atoms with Gasteiger partial charge in [0, 0.05) is 6.54 Å². The number of carbonyl (C=O) groups is 4. The average Bonchev–Trinajstić information content (AvgIpc) is 2.93. The Morgan fingerprint density at radius 3 is 2.40 bits per heavy atom. The van der Waals surface area contributed by atoms with Gasteiger partial charge in [-0.1, -0.05) is 60.7 Å². The van der Waals surface area contributed by atoms with Crippen LogP contribution >= 0.6 is 0 Å². The SMILES string of the molecule is O=C(NC(C(=O)NC1CCCNC(=O)C1=O)c1ccccc1)OCc1ccccc1. The normalized spacial score (nSPS) is 17.3. The van der Waals surface area contributed by atoms with Crippen molar-refractivity contribution in [2.45, 2.75) is 31.5 Å². The quantitative estimate of drug-likeness (QED) is 0.628. The van der Waals surface area contributed by atoms with Crippen LogP contribution in [0.4, 0.5) is 4.79 Å². The predicted octanol–water partition coefficient (Wildman–Crippen LogP) is 1.62. The Morgan fingerprint density at radius 2 is 1.70 bits per heavy atom. The van der Waals surface area contributed by atoms with Crippen molar-refractivity contribution in [2.75, 3.05) is 6.54 Å². The Morgan fingerprint density at radius 1 is 1.03 bits per heavy atom. The van der Waals surface area contributed by atoms with Gasteiger partial charge < -0.3 is 20.7 Å².